The van der Waals surface area contributed by atoms with Crippen LogP contribution in [0.25, 0.3) is 0 Å². The standard InChI is InChI=1S/C19H19ClN2O5/c1-12(27-18(23)11-25-2)19(24)22-16(17-4-3-9-26-17)10-15(21-22)13-5-7-14(20)8-6-13/h3-9,12,16H,10-11H2,1-2H3/t12-,16+/m0/s1. The minimum atomic E-state index is -1.00. The van der Waals surface area contributed by atoms with Crippen LogP contribution in [0.1, 0.15) is 30.7 Å². The molecule has 0 aliphatic carbocycles. The summed E-state index contributed by atoms with van der Waals surface area (Å²) in [5, 5.41) is 6.40. The molecule has 0 saturated carbocycles. The molecule has 0 N–H and O–H groups in total. The SMILES string of the molecule is COCC(=O)O[C@@H](C)C(=O)N1N=C(c2ccc(Cl)cc2)C[C@@H]1c1ccco1. The van der Waals surface area contributed by atoms with Crippen LogP contribution in [0, 0.1) is 0 Å². The predicted octanol–water partition coefficient (Wildman–Crippen LogP) is 3.19. The van der Waals surface area contributed by atoms with Crippen molar-refractivity contribution in [3.05, 3.63) is 59.0 Å². The van der Waals surface area contributed by atoms with Gasteiger partial charge in [-0.2, -0.15) is 5.10 Å². The van der Waals surface area contributed by atoms with Crippen LogP contribution in [0.2, 0.25) is 5.02 Å². The minimum Gasteiger partial charge on any atom is -0.467 e. The van der Waals surface area contributed by atoms with E-state index in [1.165, 1.54) is 19.0 Å². The van der Waals surface area contributed by atoms with Gasteiger partial charge in [0.2, 0.25) is 0 Å². The van der Waals surface area contributed by atoms with E-state index in [9.17, 15) is 9.59 Å². The Kier molecular flexibility index (Phi) is 5.93. The Morgan fingerprint density at radius 1 is 1.33 bits per heavy atom. The van der Waals surface area contributed by atoms with Gasteiger partial charge in [-0.15, -0.1) is 0 Å². The molecule has 27 heavy (non-hydrogen) atoms. The van der Waals surface area contributed by atoms with Crippen LogP contribution >= 0.6 is 11.6 Å². The van der Waals surface area contributed by atoms with Crippen molar-refractivity contribution < 1.29 is 23.5 Å². The number of ether oxygens (including phenoxy) is 2. The average molecular weight is 391 g/mol. The summed E-state index contributed by atoms with van der Waals surface area (Å²) in [4.78, 5) is 24.5. The Morgan fingerprint density at radius 2 is 2.07 bits per heavy atom. The van der Waals surface area contributed by atoms with E-state index in [4.69, 9.17) is 25.5 Å². The quantitative estimate of drug-likeness (QED) is 0.707. The normalized spacial score (nSPS) is 17.5. The van der Waals surface area contributed by atoms with Crippen molar-refractivity contribution in [2.75, 3.05) is 13.7 Å². The lowest BCUT2D eigenvalue weighted by molar-refractivity contribution is -0.162. The summed E-state index contributed by atoms with van der Waals surface area (Å²) in [6, 6.07) is 10.3. The van der Waals surface area contributed by atoms with Gasteiger partial charge >= 0.3 is 5.97 Å². The molecule has 3 rings (SSSR count). The van der Waals surface area contributed by atoms with Crippen LogP contribution in [0.15, 0.2) is 52.2 Å². The third-order valence-electron chi connectivity index (χ3n) is 4.10. The number of rotatable bonds is 6. The van der Waals surface area contributed by atoms with Gasteiger partial charge in [-0.05, 0) is 36.8 Å². The van der Waals surface area contributed by atoms with Crippen molar-refractivity contribution >= 4 is 29.2 Å². The molecule has 2 heterocycles. The Balaban J connectivity index is 1.84. The average Bonchev–Trinajstić information content (AvgIpc) is 3.31. The van der Waals surface area contributed by atoms with E-state index < -0.39 is 24.0 Å². The van der Waals surface area contributed by atoms with E-state index in [0.717, 1.165) is 11.3 Å². The molecular formula is C19H19ClN2O5. The van der Waals surface area contributed by atoms with Crippen LogP contribution in [0.5, 0.6) is 0 Å². The first kappa shape index (κ1) is 19.1. The maximum Gasteiger partial charge on any atom is 0.332 e. The summed E-state index contributed by atoms with van der Waals surface area (Å²) in [6.07, 6.45) is 1.01. The Labute approximate surface area is 161 Å². The van der Waals surface area contributed by atoms with Crippen LogP contribution in [0.3, 0.4) is 0 Å². The van der Waals surface area contributed by atoms with Gasteiger partial charge in [-0.1, -0.05) is 23.7 Å². The molecule has 8 heteroatoms. The highest BCUT2D eigenvalue weighted by Gasteiger charge is 2.37. The van der Waals surface area contributed by atoms with Crippen LogP contribution in [0.4, 0.5) is 0 Å². The lowest BCUT2D eigenvalue weighted by Crippen LogP contribution is -2.37. The van der Waals surface area contributed by atoms with Crippen molar-refractivity contribution in [2.24, 2.45) is 5.10 Å². The summed E-state index contributed by atoms with van der Waals surface area (Å²) in [7, 11) is 1.38. The molecule has 0 spiro atoms. The van der Waals surface area contributed by atoms with Crippen LogP contribution in [-0.4, -0.2) is 42.4 Å². The highest BCUT2D eigenvalue weighted by atomic mass is 35.5. The maximum atomic E-state index is 12.9. The van der Waals surface area contributed by atoms with E-state index >= 15 is 0 Å². The molecule has 142 valence electrons. The molecule has 1 aromatic carbocycles. The molecule has 1 amide bonds. The number of methoxy groups -OCH3 is 1. The van der Waals surface area contributed by atoms with Crippen molar-refractivity contribution in [1.82, 2.24) is 5.01 Å². The molecule has 2 aromatic rings. The lowest BCUT2D eigenvalue weighted by atomic mass is 10.0. The van der Waals surface area contributed by atoms with Crippen molar-refractivity contribution in [2.45, 2.75) is 25.5 Å². The lowest BCUT2D eigenvalue weighted by Gasteiger charge is -2.23. The predicted molar refractivity (Wildman–Crippen MR) is 98.3 cm³/mol. The van der Waals surface area contributed by atoms with Crippen molar-refractivity contribution in [1.29, 1.82) is 0 Å². The molecule has 0 bridgehead atoms. The summed E-state index contributed by atoms with van der Waals surface area (Å²) >= 11 is 5.94. The summed E-state index contributed by atoms with van der Waals surface area (Å²) < 4.78 is 15.3. The van der Waals surface area contributed by atoms with Gasteiger partial charge < -0.3 is 13.9 Å². The number of nitrogens with zero attached hydrogens (tertiary/aromatic N) is 2. The molecule has 1 aromatic heterocycles. The number of carbonyl (C=O) groups excluding carboxylic acids is 2. The minimum absolute atomic E-state index is 0.224. The monoisotopic (exact) mass is 390 g/mol. The van der Waals surface area contributed by atoms with Crippen molar-refractivity contribution in [3.8, 4) is 0 Å². The number of amides is 1. The number of halogens is 1. The second kappa shape index (κ2) is 8.37. The fourth-order valence-electron chi connectivity index (χ4n) is 2.82. The number of hydrazone groups is 1. The van der Waals surface area contributed by atoms with Gasteiger partial charge in [0.25, 0.3) is 5.91 Å². The fraction of sp³-hybridized carbons (Fsp3) is 0.316. The summed E-state index contributed by atoms with van der Waals surface area (Å²) in [5.41, 5.74) is 1.58. The maximum absolute atomic E-state index is 12.9. The molecule has 0 fully saturated rings. The van der Waals surface area contributed by atoms with E-state index in [1.54, 1.807) is 30.5 Å². The molecule has 1 aliphatic rings. The topological polar surface area (TPSA) is 81.3 Å². The zero-order valence-corrected chi connectivity index (χ0v) is 15.7. The Hall–Kier alpha value is -2.64. The van der Waals surface area contributed by atoms with E-state index in [1.807, 2.05) is 12.1 Å². The third-order valence-corrected chi connectivity index (χ3v) is 4.36. The molecule has 1 aliphatic heterocycles. The Morgan fingerprint density at radius 3 is 2.70 bits per heavy atom. The second-order valence-corrected chi connectivity index (χ2v) is 6.47. The first-order valence-corrected chi connectivity index (χ1v) is 8.75. The van der Waals surface area contributed by atoms with Gasteiger partial charge in [0, 0.05) is 18.6 Å². The zero-order valence-electron chi connectivity index (χ0n) is 14.9. The van der Waals surface area contributed by atoms with Crippen molar-refractivity contribution in [3.63, 3.8) is 0 Å². The van der Waals surface area contributed by atoms with Gasteiger partial charge in [0.15, 0.2) is 6.10 Å². The molecule has 0 unspecified atom stereocenters. The van der Waals surface area contributed by atoms with Crippen LogP contribution < -0.4 is 0 Å². The fourth-order valence-corrected chi connectivity index (χ4v) is 2.94. The van der Waals surface area contributed by atoms with E-state index in [-0.39, 0.29) is 6.61 Å². The second-order valence-electron chi connectivity index (χ2n) is 6.04. The molecule has 7 nitrogen and oxygen atoms in total. The molecular weight excluding hydrogens is 372 g/mol. The number of hydrogen-bond acceptors (Lipinski definition) is 6. The van der Waals surface area contributed by atoms with Gasteiger partial charge in [0.05, 0.1) is 12.0 Å². The van der Waals surface area contributed by atoms with Gasteiger partial charge in [0.1, 0.15) is 18.4 Å². The number of esters is 1. The highest BCUT2D eigenvalue weighted by molar-refractivity contribution is 6.30. The highest BCUT2D eigenvalue weighted by Crippen LogP contribution is 2.33. The van der Waals surface area contributed by atoms with Gasteiger partial charge in [-0.3, -0.25) is 4.79 Å². The smallest absolute Gasteiger partial charge is 0.332 e. The summed E-state index contributed by atoms with van der Waals surface area (Å²) in [5.74, 6) is -0.453. The number of benzene rings is 1. The largest absolute Gasteiger partial charge is 0.467 e. The first-order chi connectivity index (χ1) is 13.0. The number of carbonyl (C=O) groups is 2. The molecule has 0 saturated heterocycles. The number of furan rings is 1. The third kappa shape index (κ3) is 4.37. The number of hydrogen-bond donors (Lipinski definition) is 0. The Bertz CT molecular complexity index is 832. The first-order valence-electron chi connectivity index (χ1n) is 8.38. The van der Waals surface area contributed by atoms with E-state index in [2.05, 4.69) is 5.10 Å². The molecule has 0 radical (unpaired) electrons. The van der Waals surface area contributed by atoms with E-state index in [0.29, 0.717) is 17.2 Å². The molecule has 2 atom stereocenters. The zero-order chi connectivity index (χ0) is 19.4. The summed E-state index contributed by atoms with van der Waals surface area (Å²) in [6.45, 7) is 1.28. The van der Waals surface area contributed by atoms with Gasteiger partial charge in [-0.25, -0.2) is 9.80 Å². The van der Waals surface area contributed by atoms with Crippen LogP contribution in [-0.2, 0) is 19.1 Å².